The second kappa shape index (κ2) is 9.44. The molecule has 0 spiro atoms. The van der Waals surface area contributed by atoms with E-state index in [2.05, 4.69) is 0 Å². The Morgan fingerprint density at radius 3 is 2.13 bits per heavy atom. The number of carbonyl (C=O) groups excluding carboxylic acids is 2. The SMILES string of the molecule is CC(C)OC[C@@H](O)C[NH+]1CC[NH+](CCN2C(=O)c3cccc4cccc(c34)C2=O)CC1. The van der Waals surface area contributed by atoms with Gasteiger partial charge >= 0.3 is 0 Å². The fraction of sp³-hybridized carbons (Fsp3) is 0.500. The van der Waals surface area contributed by atoms with E-state index < -0.39 is 6.10 Å². The normalized spacial score (nSPS) is 22.4. The van der Waals surface area contributed by atoms with E-state index in [0.717, 1.165) is 43.5 Å². The summed E-state index contributed by atoms with van der Waals surface area (Å²) < 4.78 is 5.50. The van der Waals surface area contributed by atoms with E-state index in [-0.39, 0.29) is 17.9 Å². The molecular formula is C24H33N3O4+2. The summed E-state index contributed by atoms with van der Waals surface area (Å²) >= 11 is 0. The molecule has 31 heavy (non-hydrogen) atoms. The maximum atomic E-state index is 13.0. The van der Waals surface area contributed by atoms with Crippen molar-refractivity contribution < 1.29 is 29.2 Å². The summed E-state index contributed by atoms with van der Waals surface area (Å²) in [5.74, 6) is -0.377. The lowest BCUT2D eigenvalue weighted by atomic mass is 9.94. The van der Waals surface area contributed by atoms with Crippen molar-refractivity contribution in [2.75, 3.05) is 52.4 Å². The third-order valence-electron chi connectivity index (χ3n) is 6.36. The molecule has 4 rings (SSSR count). The predicted molar refractivity (Wildman–Crippen MR) is 118 cm³/mol. The maximum Gasteiger partial charge on any atom is 0.261 e. The number of hydrogen-bond acceptors (Lipinski definition) is 4. The van der Waals surface area contributed by atoms with Crippen molar-refractivity contribution in [3.8, 4) is 0 Å². The molecule has 3 N–H and O–H groups in total. The Hall–Kier alpha value is -2.32. The van der Waals surface area contributed by atoms with Crippen molar-refractivity contribution in [2.24, 2.45) is 0 Å². The number of nitrogens with one attached hydrogen (secondary N) is 2. The van der Waals surface area contributed by atoms with Crippen LogP contribution in [0.4, 0.5) is 0 Å². The minimum absolute atomic E-state index is 0.130. The van der Waals surface area contributed by atoms with Crippen LogP contribution in [0.1, 0.15) is 34.6 Å². The molecule has 166 valence electrons. The van der Waals surface area contributed by atoms with Crippen LogP contribution in [0.15, 0.2) is 36.4 Å². The van der Waals surface area contributed by atoms with Crippen LogP contribution in [0, 0.1) is 0 Å². The number of amides is 2. The summed E-state index contributed by atoms with van der Waals surface area (Å²) in [6.45, 7) is 10.1. The second-order valence-electron chi connectivity index (χ2n) is 8.96. The minimum atomic E-state index is -0.440. The van der Waals surface area contributed by atoms with Gasteiger partial charge in [-0.3, -0.25) is 14.5 Å². The number of aliphatic hydroxyl groups excluding tert-OH is 1. The number of imide groups is 1. The maximum absolute atomic E-state index is 13.0. The van der Waals surface area contributed by atoms with Gasteiger partial charge in [0.2, 0.25) is 0 Å². The molecular weight excluding hydrogens is 394 g/mol. The van der Waals surface area contributed by atoms with Crippen LogP contribution in [0.2, 0.25) is 0 Å². The van der Waals surface area contributed by atoms with E-state index in [0.29, 0.717) is 30.8 Å². The van der Waals surface area contributed by atoms with Gasteiger partial charge in [0.25, 0.3) is 11.8 Å². The summed E-state index contributed by atoms with van der Waals surface area (Å²) in [5, 5.41) is 11.9. The Morgan fingerprint density at radius 2 is 1.55 bits per heavy atom. The molecule has 0 unspecified atom stereocenters. The van der Waals surface area contributed by atoms with Crippen LogP contribution in [-0.2, 0) is 4.74 Å². The molecule has 0 aromatic heterocycles. The first kappa shape index (κ1) is 21.9. The number of quaternary nitrogens is 2. The van der Waals surface area contributed by atoms with Crippen LogP contribution in [0.5, 0.6) is 0 Å². The first-order valence-electron chi connectivity index (χ1n) is 11.3. The fourth-order valence-electron chi connectivity index (χ4n) is 4.66. The molecule has 7 nitrogen and oxygen atoms in total. The van der Waals surface area contributed by atoms with Gasteiger partial charge in [0, 0.05) is 16.5 Å². The van der Waals surface area contributed by atoms with Gasteiger partial charge in [0.1, 0.15) is 38.8 Å². The highest BCUT2D eigenvalue weighted by atomic mass is 16.5. The molecule has 1 saturated heterocycles. The van der Waals surface area contributed by atoms with Crippen molar-refractivity contribution in [3.05, 3.63) is 47.5 Å². The summed E-state index contributed by atoms with van der Waals surface area (Å²) in [7, 11) is 0. The number of rotatable bonds is 8. The van der Waals surface area contributed by atoms with Gasteiger partial charge in [-0.25, -0.2) is 0 Å². The van der Waals surface area contributed by atoms with Crippen LogP contribution in [-0.4, -0.2) is 86.4 Å². The van der Waals surface area contributed by atoms with Crippen molar-refractivity contribution >= 4 is 22.6 Å². The van der Waals surface area contributed by atoms with Crippen molar-refractivity contribution in [2.45, 2.75) is 26.1 Å². The van der Waals surface area contributed by atoms with Gasteiger partial charge in [-0.15, -0.1) is 0 Å². The zero-order valence-corrected chi connectivity index (χ0v) is 18.4. The molecule has 1 atom stereocenters. The van der Waals surface area contributed by atoms with Crippen molar-refractivity contribution in [3.63, 3.8) is 0 Å². The first-order valence-corrected chi connectivity index (χ1v) is 11.3. The summed E-state index contributed by atoms with van der Waals surface area (Å²) in [4.78, 5) is 30.2. The molecule has 2 amide bonds. The van der Waals surface area contributed by atoms with E-state index in [1.54, 1.807) is 0 Å². The second-order valence-corrected chi connectivity index (χ2v) is 8.96. The Labute approximate surface area is 183 Å². The largest absolute Gasteiger partial charge is 0.385 e. The standard InChI is InChI=1S/C24H31N3O4/c1-17(2)31-16-19(28)15-26-11-9-25(10-12-26)13-14-27-23(29)20-7-3-5-18-6-4-8-21(22(18)20)24(27)30/h3-8,17,19,28H,9-16H2,1-2H3/p+2/t19-/m0/s1. The average molecular weight is 428 g/mol. The van der Waals surface area contributed by atoms with Gasteiger partial charge in [0.05, 0.1) is 25.8 Å². The van der Waals surface area contributed by atoms with Gasteiger partial charge in [-0.2, -0.15) is 0 Å². The zero-order valence-electron chi connectivity index (χ0n) is 18.4. The van der Waals surface area contributed by atoms with Crippen molar-refractivity contribution in [1.82, 2.24) is 4.90 Å². The van der Waals surface area contributed by atoms with Gasteiger partial charge in [-0.05, 0) is 31.4 Å². The Morgan fingerprint density at radius 1 is 0.968 bits per heavy atom. The molecule has 2 aliphatic rings. The van der Waals surface area contributed by atoms with E-state index in [4.69, 9.17) is 4.74 Å². The van der Waals surface area contributed by atoms with Gasteiger partial charge < -0.3 is 19.6 Å². The lowest BCUT2D eigenvalue weighted by molar-refractivity contribution is -1.01. The highest BCUT2D eigenvalue weighted by Gasteiger charge is 2.34. The summed E-state index contributed by atoms with van der Waals surface area (Å²) in [6.07, 6.45) is -0.310. The third-order valence-corrected chi connectivity index (χ3v) is 6.36. The lowest BCUT2D eigenvalue weighted by Crippen LogP contribution is -3.28. The Bertz CT molecular complexity index is 902. The van der Waals surface area contributed by atoms with E-state index in [1.807, 2.05) is 50.2 Å². The van der Waals surface area contributed by atoms with Gasteiger partial charge in [0.15, 0.2) is 0 Å². The molecule has 0 bridgehead atoms. The Balaban J connectivity index is 1.31. The topological polar surface area (TPSA) is 75.7 Å². The number of piperazine rings is 1. The average Bonchev–Trinajstić information content (AvgIpc) is 2.77. The number of nitrogens with zero attached hydrogens (tertiary/aromatic N) is 1. The highest BCUT2D eigenvalue weighted by molar-refractivity contribution is 6.25. The van der Waals surface area contributed by atoms with Crippen LogP contribution in [0.3, 0.4) is 0 Å². The quantitative estimate of drug-likeness (QED) is 0.473. The van der Waals surface area contributed by atoms with Crippen molar-refractivity contribution in [1.29, 1.82) is 0 Å². The monoisotopic (exact) mass is 427 g/mol. The van der Waals surface area contributed by atoms with Gasteiger partial charge in [-0.1, -0.05) is 24.3 Å². The van der Waals surface area contributed by atoms with Crippen LogP contribution >= 0.6 is 0 Å². The molecule has 2 heterocycles. The molecule has 7 heteroatoms. The summed E-state index contributed by atoms with van der Waals surface area (Å²) in [5.41, 5.74) is 1.24. The minimum Gasteiger partial charge on any atom is -0.385 e. The smallest absolute Gasteiger partial charge is 0.261 e. The molecule has 2 aromatic rings. The number of carbonyl (C=O) groups is 2. The number of aliphatic hydroxyl groups is 1. The van der Waals surface area contributed by atoms with Crippen LogP contribution < -0.4 is 9.80 Å². The Kier molecular flexibility index (Phi) is 6.67. The molecule has 1 fully saturated rings. The molecule has 0 aliphatic carbocycles. The van der Waals surface area contributed by atoms with Crippen LogP contribution in [0.25, 0.3) is 10.8 Å². The predicted octanol–water partition coefficient (Wildman–Crippen LogP) is -0.995. The summed E-state index contributed by atoms with van der Waals surface area (Å²) in [6, 6.07) is 11.3. The molecule has 0 radical (unpaired) electrons. The molecule has 2 aromatic carbocycles. The zero-order chi connectivity index (χ0) is 22.0. The highest BCUT2D eigenvalue weighted by Crippen LogP contribution is 2.29. The lowest BCUT2D eigenvalue weighted by Gasteiger charge is -2.32. The molecule has 2 aliphatic heterocycles. The fourth-order valence-corrected chi connectivity index (χ4v) is 4.66. The number of ether oxygens (including phenoxy) is 1. The van der Waals surface area contributed by atoms with E-state index in [9.17, 15) is 14.7 Å². The first-order chi connectivity index (χ1) is 14.9. The number of hydrogen-bond donors (Lipinski definition) is 3. The molecule has 0 saturated carbocycles. The third kappa shape index (κ3) is 4.80. The van der Waals surface area contributed by atoms with E-state index >= 15 is 0 Å². The van der Waals surface area contributed by atoms with E-state index in [1.165, 1.54) is 14.7 Å². The number of benzene rings is 2.